The van der Waals surface area contributed by atoms with E-state index in [4.69, 9.17) is 16.6 Å². The lowest BCUT2D eigenvalue weighted by Crippen LogP contribution is -2.36. The van der Waals surface area contributed by atoms with E-state index in [-0.39, 0.29) is 18.3 Å². The molecule has 0 radical (unpaired) electrons. The van der Waals surface area contributed by atoms with Crippen LogP contribution in [0.3, 0.4) is 0 Å². The number of hydrogen-bond acceptors (Lipinski definition) is 5. The van der Waals surface area contributed by atoms with E-state index in [1.807, 2.05) is 57.4 Å². The second-order valence-electron chi connectivity index (χ2n) is 6.76. The van der Waals surface area contributed by atoms with Gasteiger partial charge in [-0.2, -0.15) is 0 Å². The van der Waals surface area contributed by atoms with Crippen molar-refractivity contribution in [3.63, 3.8) is 0 Å². The van der Waals surface area contributed by atoms with Crippen LogP contribution in [0.15, 0.2) is 41.3 Å². The average Bonchev–Trinajstić information content (AvgIpc) is 3.12. The predicted molar refractivity (Wildman–Crippen MR) is 130 cm³/mol. The molecule has 0 N–H and O–H groups in total. The highest BCUT2D eigenvalue weighted by molar-refractivity contribution is 7.99. The molecule has 8 heteroatoms. The zero-order chi connectivity index (χ0) is 20.3. The molecule has 0 spiro atoms. The Balaban J connectivity index is 0.00000300. The number of carbonyl (C=O) groups is 1. The lowest BCUT2D eigenvalue weighted by molar-refractivity contribution is 0.0985. The summed E-state index contributed by atoms with van der Waals surface area (Å²) in [4.78, 5) is 23.1. The van der Waals surface area contributed by atoms with Crippen molar-refractivity contribution in [1.82, 2.24) is 9.88 Å². The number of halogens is 2. The number of aryl methyl sites for hydroxylation is 1. The molecule has 0 aliphatic rings. The van der Waals surface area contributed by atoms with Crippen LogP contribution in [0, 0.1) is 6.92 Å². The second kappa shape index (κ2) is 10.6. The van der Waals surface area contributed by atoms with Crippen LogP contribution in [0.5, 0.6) is 0 Å². The van der Waals surface area contributed by atoms with E-state index < -0.39 is 0 Å². The number of aromatic nitrogens is 1. The summed E-state index contributed by atoms with van der Waals surface area (Å²) in [7, 11) is 4.00. The van der Waals surface area contributed by atoms with Gasteiger partial charge in [-0.1, -0.05) is 35.9 Å². The van der Waals surface area contributed by atoms with Crippen LogP contribution in [0.4, 0.5) is 5.13 Å². The number of anilines is 1. The fraction of sp³-hybridized carbons (Fsp3) is 0.333. The number of rotatable bonds is 7. The highest BCUT2D eigenvalue weighted by Crippen LogP contribution is 2.36. The molecule has 1 heterocycles. The Labute approximate surface area is 191 Å². The zero-order valence-electron chi connectivity index (χ0n) is 16.9. The molecule has 0 saturated carbocycles. The summed E-state index contributed by atoms with van der Waals surface area (Å²) < 4.78 is 0.925. The number of amides is 1. The fourth-order valence-electron chi connectivity index (χ4n) is 2.81. The van der Waals surface area contributed by atoms with Crippen molar-refractivity contribution >= 4 is 68.4 Å². The number of nitrogens with zero attached hydrogens (tertiary/aromatic N) is 3. The van der Waals surface area contributed by atoms with Gasteiger partial charge in [0.1, 0.15) is 0 Å². The largest absolute Gasteiger partial charge is 0.308 e. The van der Waals surface area contributed by atoms with Crippen molar-refractivity contribution in [2.45, 2.75) is 18.7 Å². The molecule has 29 heavy (non-hydrogen) atoms. The molecule has 2 aromatic carbocycles. The number of hydrogen-bond donors (Lipinski definition) is 0. The first kappa shape index (κ1) is 24.0. The number of fused-ring (bicyclic) bond motifs is 1. The Morgan fingerprint density at radius 3 is 2.41 bits per heavy atom. The first-order chi connectivity index (χ1) is 13.4. The molecular formula is C21H25Cl2N3OS2. The van der Waals surface area contributed by atoms with Gasteiger partial charge in [-0.3, -0.25) is 9.69 Å². The number of thioether (sulfide) groups is 1. The molecule has 0 aliphatic heterocycles. The van der Waals surface area contributed by atoms with E-state index in [2.05, 4.69) is 11.8 Å². The molecule has 3 aromatic rings. The Morgan fingerprint density at radius 1 is 1.14 bits per heavy atom. The zero-order valence-corrected chi connectivity index (χ0v) is 20.1. The summed E-state index contributed by atoms with van der Waals surface area (Å²) >= 11 is 9.61. The molecule has 1 aromatic heterocycles. The summed E-state index contributed by atoms with van der Waals surface area (Å²) in [6, 6.07) is 11.7. The fourth-order valence-corrected chi connectivity index (χ4v) is 4.81. The van der Waals surface area contributed by atoms with Crippen molar-refractivity contribution in [3.8, 4) is 0 Å². The van der Waals surface area contributed by atoms with E-state index in [9.17, 15) is 4.79 Å². The Morgan fingerprint density at radius 2 is 1.83 bits per heavy atom. The van der Waals surface area contributed by atoms with Crippen LogP contribution >= 0.6 is 47.1 Å². The minimum atomic E-state index is -0.0391. The minimum absolute atomic E-state index is 0. The Kier molecular flexibility index (Phi) is 8.79. The molecule has 0 saturated heterocycles. The minimum Gasteiger partial charge on any atom is -0.308 e. The van der Waals surface area contributed by atoms with Crippen molar-refractivity contribution in [2.24, 2.45) is 0 Å². The van der Waals surface area contributed by atoms with Crippen LogP contribution in [0.2, 0.25) is 5.02 Å². The molecule has 4 nitrogen and oxygen atoms in total. The van der Waals surface area contributed by atoms with E-state index >= 15 is 0 Å². The molecule has 156 valence electrons. The summed E-state index contributed by atoms with van der Waals surface area (Å²) in [6.07, 6.45) is 0. The van der Waals surface area contributed by atoms with Crippen molar-refractivity contribution in [3.05, 3.63) is 52.5 Å². The maximum Gasteiger partial charge on any atom is 0.260 e. The van der Waals surface area contributed by atoms with Crippen molar-refractivity contribution in [1.29, 1.82) is 0 Å². The molecule has 0 unspecified atom stereocenters. The summed E-state index contributed by atoms with van der Waals surface area (Å²) in [5.41, 5.74) is 2.59. The maximum atomic E-state index is 13.3. The van der Waals surface area contributed by atoms with Crippen molar-refractivity contribution in [2.75, 3.05) is 37.8 Å². The number of thiazole rings is 1. The summed E-state index contributed by atoms with van der Waals surface area (Å²) in [6.45, 7) is 5.44. The van der Waals surface area contributed by atoms with Crippen molar-refractivity contribution < 1.29 is 4.79 Å². The number of likely N-dealkylation sites (N-methyl/N-ethyl adjacent to an activating group) is 1. The van der Waals surface area contributed by atoms with E-state index in [1.165, 1.54) is 16.2 Å². The first-order valence-electron chi connectivity index (χ1n) is 9.15. The lowest BCUT2D eigenvalue weighted by atomic mass is 10.2. The molecule has 0 atom stereocenters. The van der Waals surface area contributed by atoms with Gasteiger partial charge in [-0.25, -0.2) is 4.98 Å². The lowest BCUT2D eigenvalue weighted by Gasteiger charge is -2.22. The van der Waals surface area contributed by atoms with Gasteiger partial charge < -0.3 is 4.90 Å². The van der Waals surface area contributed by atoms with E-state index in [0.717, 1.165) is 28.1 Å². The van der Waals surface area contributed by atoms with Crippen LogP contribution in [-0.2, 0) is 0 Å². The molecule has 0 aliphatic carbocycles. The SMILES string of the molecule is CCSc1ccc(C(=O)N(CCN(C)C)c2nc3c(C)ccc(Cl)c3s2)cc1.Cl. The van der Waals surface area contributed by atoms with Gasteiger partial charge in [0.25, 0.3) is 5.91 Å². The second-order valence-corrected chi connectivity index (χ2v) is 9.48. The van der Waals surface area contributed by atoms with Gasteiger partial charge in [0.2, 0.25) is 0 Å². The van der Waals surface area contributed by atoms with Gasteiger partial charge in [0.15, 0.2) is 5.13 Å². The molecule has 0 bridgehead atoms. The quantitative estimate of drug-likeness (QED) is 0.397. The van der Waals surface area contributed by atoms with Gasteiger partial charge in [0, 0.05) is 23.5 Å². The first-order valence-corrected chi connectivity index (χ1v) is 11.3. The van der Waals surface area contributed by atoms with Gasteiger partial charge in [-0.05, 0) is 62.7 Å². The smallest absolute Gasteiger partial charge is 0.260 e. The van der Waals surface area contributed by atoms with E-state index in [1.54, 1.807) is 16.7 Å². The average molecular weight is 470 g/mol. The molecule has 0 fully saturated rings. The maximum absolute atomic E-state index is 13.3. The number of carbonyl (C=O) groups excluding carboxylic acids is 1. The van der Waals surface area contributed by atoms with Crippen LogP contribution in [-0.4, -0.2) is 48.7 Å². The highest BCUT2D eigenvalue weighted by atomic mass is 35.5. The molecule has 3 rings (SSSR count). The van der Waals surface area contributed by atoms with Gasteiger partial charge in [0.05, 0.1) is 15.2 Å². The van der Waals surface area contributed by atoms with Gasteiger partial charge in [-0.15, -0.1) is 24.2 Å². The third-order valence-corrected chi connectivity index (χ3v) is 6.78. The third-order valence-electron chi connectivity index (χ3n) is 4.35. The summed E-state index contributed by atoms with van der Waals surface area (Å²) in [5, 5.41) is 1.36. The Bertz CT molecular complexity index is 935. The Hall–Kier alpha value is -1.31. The summed E-state index contributed by atoms with van der Waals surface area (Å²) in [5.74, 6) is 0.969. The molecule has 1 amide bonds. The predicted octanol–water partition coefficient (Wildman–Crippen LogP) is 6.00. The van der Waals surface area contributed by atoms with Crippen LogP contribution < -0.4 is 4.90 Å². The molecular weight excluding hydrogens is 445 g/mol. The highest BCUT2D eigenvalue weighted by Gasteiger charge is 2.22. The monoisotopic (exact) mass is 469 g/mol. The number of benzene rings is 2. The standard InChI is InChI=1S/C21H24ClN3OS2.ClH/c1-5-27-16-9-7-15(8-10-16)20(26)25(13-12-24(3)4)21-23-18-14(2)6-11-17(22)19(18)28-21;/h6-11H,5,12-13H2,1-4H3;1H. The van der Waals surface area contributed by atoms with Crippen LogP contribution in [0.25, 0.3) is 10.2 Å². The van der Waals surface area contributed by atoms with Gasteiger partial charge >= 0.3 is 0 Å². The van der Waals surface area contributed by atoms with Crippen LogP contribution in [0.1, 0.15) is 22.8 Å². The normalized spacial score (nSPS) is 11.0. The third kappa shape index (κ3) is 5.64. The van der Waals surface area contributed by atoms with E-state index in [0.29, 0.717) is 22.3 Å². The topological polar surface area (TPSA) is 36.4 Å².